The van der Waals surface area contributed by atoms with Gasteiger partial charge in [0, 0.05) is 37.9 Å². The molecule has 2 aromatic rings. The molecule has 110 valence electrons. The Labute approximate surface area is 120 Å². The van der Waals surface area contributed by atoms with Crippen molar-refractivity contribution in [1.82, 2.24) is 20.2 Å². The number of pyridine rings is 1. The fraction of sp³-hybridized carbons (Fsp3) is 0.417. The monoisotopic (exact) mass is 289 g/mol. The molecule has 0 radical (unpaired) electrons. The van der Waals surface area contributed by atoms with Crippen LogP contribution >= 0.6 is 0 Å². The zero-order chi connectivity index (χ0) is 14.8. The molecule has 1 aliphatic heterocycles. The second-order valence-electron chi connectivity index (χ2n) is 4.84. The summed E-state index contributed by atoms with van der Waals surface area (Å²) in [6, 6.07) is 1.66. The Bertz CT molecular complexity index is 635. The predicted molar refractivity (Wildman–Crippen MR) is 76.4 cm³/mol. The van der Waals surface area contributed by atoms with E-state index < -0.39 is 0 Å². The number of hydrogen-bond acceptors (Lipinski definition) is 7. The average Bonchev–Trinajstić information content (AvgIpc) is 3.01. The molecular formula is C12H15N7O2. The van der Waals surface area contributed by atoms with Gasteiger partial charge in [0.05, 0.1) is 4.92 Å². The third kappa shape index (κ3) is 2.49. The van der Waals surface area contributed by atoms with Crippen molar-refractivity contribution in [2.75, 3.05) is 36.0 Å². The van der Waals surface area contributed by atoms with E-state index in [4.69, 9.17) is 0 Å². The van der Waals surface area contributed by atoms with Crippen LogP contribution in [0, 0.1) is 17.0 Å². The quantitative estimate of drug-likeness (QED) is 0.656. The number of piperazine rings is 1. The molecule has 0 atom stereocenters. The van der Waals surface area contributed by atoms with Crippen molar-refractivity contribution in [2.45, 2.75) is 6.92 Å². The number of aromatic amines is 1. The van der Waals surface area contributed by atoms with E-state index in [1.165, 1.54) is 6.33 Å². The molecule has 1 fully saturated rings. The third-order valence-electron chi connectivity index (χ3n) is 3.57. The molecule has 0 bridgehead atoms. The highest BCUT2D eigenvalue weighted by molar-refractivity contribution is 5.62. The summed E-state index contributed by atoms with van der Waals surface area (Å²) in [5.74, 6) is 1.17. The smallest absolute Gasteiger partial charge is 0.314 e. The maximum atomic E-state index is 11.2. The van der Waals surface area contributed by atoms with E-state index in [2.05, 4.69) is 25.1 Å². The molecule has 1 N–H and O–H groups in total. The van der Waals surface area contributed by atoms with Gasteiger partial charge in [0.15, 0.2) is 0 Å². The maximum absolute atomic E-state index is 11.2. The summed E-state index contributed by atoms with van der Waals surface area (Å²) in [4.78, 5) is 23.2. The van der Waals surface area contributed by atoms with Gasteiger partial charge in [0.1, 0.15) is 6.33 Å². The van der Waals surface area contributed by atoms with Crippen molar-refractivity contribution < 1.29 is 4.92 Å². The van der Waals surface area contributed by atoms with Gasteiger partial charge in [0.25, 0.3) is 0 Å². The molecule has 21 heavy (non-hydrogen) atoms. The van der Waals surface area contributed by atoms with Crippen LogP contribution in [-0.4, -0.2) is 51.3 Å². The lowest BCUT2D eigenvalue weighted by Gasteiger charge is -2.34. The van der Waals surface area contributed by atoms with Gasteiger partial charge >= 0.3 is 5.69 Å². The van der Waals surface area contributed by atoms with Gasteiger partial charge in [-0.05, 0) is 13.0 Å². The SMILES string of the molecule is Cc1ccnc(N2CCN(c3ncn[nH]3)CC2)c1[N+](=O)[O-]. The first-order valence-corrected chi connectivity index (χ1v) is 6.62. The van der Waals surface area contributed by atoms with Crippen LogP contribution in [0.15, 0.2) is 18.6 Å². The highest BCUT2D eigenvalue weighted by Gasteiger charge is 2.27. The minimum absolute atomic E-state index is 0.0885. The van der Waals surface area contributed by atoms with E-state index in [1.807, 2.05) is 4.90 Å². The molecule has 0 aromatic carbocycles. The van der Waals surface area contributed by atoms with E-state index in [0.29, 0.717) is 37.6 Å². The highest BCUT2D eigenvalue weighted by atomic mass is 16.6. The minimum Gasteiger partial charge on any atom is -0.347 e. The molecule has 3 heterocycles. The number of rotatable bonds is 3. The summed E-state index contributed by atoms with van der Waals surface area (Å²) in [6.45, 7) is 4.45. The van der Waals surface area contributed by atoms with Gasteiger partial charge in [-0.1, -0.05) is 0 Å². The number of nitrogens with zero attached hydrogens (tertiary/aromatic N) is 6. The molecular weight excluding hydrogens is 274 g/mol. The summed E-state index contributed by atoms with van der Waals surface area (Å²) in [7, 11) is 0. The number of H-pyrrole nitrogens is 1. The molecule has 1 aliphatic rings. The second-order valence-corrected chi connectivity index (χ2v) is 4.84. The van der Waals surface area contributed by atoms with Gasteiger partial charge in [-0.15, -0.1) is 0 Å². The Balaban J connectivity index is 1.78. The standard InChI is InChI=1S/C12H15N7O2/c1-9-2-3-13-11(10(9)19(20)21)17-4-6-18(7-5-17)12-14-8-15-16-12/h2-3,8H,4-7H2,1H3,(H,14,15,16). The molecule has 1 saturated heterocycles. The first kappa shape index (κ1) is 13.3. The lowest BCUT2D eigenvalue weighted by atomic mass is 10.2. The van der Waals surface area contributed by atoms with Gasteiger partial charge in [-0.25, -0.2) is 10.1 Å². The fourth-order valence-electron chi connectivity index (χ4n) is 2.47. The molecule has 0 spiro atoms. The van der Waals surface area contributed by atoms with Crippen molar-refractivity contribution in [1.29, 1.82) is 0 Å². The minimum atomic E-state index is -0.361. The number of nitro groups is 1. The van der Waals surface area contributed by atoms with Crippen LogP contribution in [0.25, 0.3) is 0 Å². The second kappa shape index (κ2) is 5.35. The maximum Gasteiger partial charge on any atom is 0.314 e. The summed E-state index contributed by atoms with van der Waals surface area (Å²) in [5.41, 5.74) is 0.716. The van der Waals surface area contributed by atoms with E-state index in [1.54, 1.807) is 19.2 Å². The highest BCUT2D eigenvalue weighted by Crippen LogP contribution is 2.29. The van der Waals surface area contributed by atoms with Gasteiger partial charge in [-0.2, -0.15) is 10.1 Å². The van der Waals surface area contributed by atoms with Crippen LogP contribution in [0.4, 0.5) is 17.5 Å². The predicted octanol–water partition coefficient (Wildman–Crippen LogP) is 0.743. The number of nitrogens with one attached hydrogen (secondary N) is 1. The zero-order valence-electron chi connectivity index (χ0n) is 11.6. The third-order valence-corrected chi connectivity index (χ3v) is 3.57. The lowest BCUT2D eigenvalue weighted by Crippen LogP contribution is -2.47. The van der Waals surface area contributed by atoms with E-state index in [0.717, 1.165) is 5.95 Å². The van der Waals surface area contributed by atoms with Crippen LogP contribution in [0.2, 0.25) is 0 Å². The molecule has 0 amide bonds. The zero-order valence-corrected chi connectivity index (χ0v) is 11.6. The summed E-state index contributed by atoms with van der Waals surface area (Å²) < 4.78 is 0. The number of aryl methyl sites for hydroxylation is 1. The Hall–Kier alpha value is -2.71. The number of aromatic nitrogens is 4. The average molecular weight is 289 g/mol. The van der Waals surface area contributed by atoms with E-state index >= 15 is 0 Å². The van der Waals surface area contributed by atoms with Crippen LogP contribution < -0.4 is 9.80 Å². The number of anilines is 2. The van der Waals surface area contributed by atoms with Gasteiger partial charge in [0.2, 0.25) is 11.8 Å². The first-order chi connectivity index (χ1) is 10.2. The Kier molecular flexibility index (Phi) is 3.38. The largest absolute Gasteiger partial charge is 0.347 e. The summed E-state index contributed by atoms with van der Waals surface area (Å²) in [5, 5.41) is 17.9. The van der Waals surface area contributed by atoms with Crippen molar-refractivity contribution in [3.05, 3.63) is 34.3 Å². The molecule has 0 aliphatic carbocycles. The topological polar surface area (TPSA) is 104 Å². The summed E-state index contributed by atoms with van der Waals surface area (Å²) in [6.07, 6.45) is 3.08. The Morgan fingerprint density at radius 3 is 2.57 bits per heavy atom. The fourth-order valence-corrected chi connectivity index (χ4v) is 2.47. The van der Waals surface area contributed by atoms with Crippen molar-refractivity contribution in [2.24, 2.45) is 0 Å². The number of hydrogen-bond donors (Lipinski definition) is 1. The molecule has 2 aromatic heterocycles. The van der Waals surface area contributed by atoms with Crippen LogP contribution in [-0.2, 0) is 0 Å². The summed E-state index contributed by atoms with van der Waals surface area (Å²) >= 11 is 0. The normalized spacial score (nSPS) is 15.3. The van der Waals surface area contributed by atoms with Crippen molar-refractivity contribution >= 4 is 17.5 Å². The first-order valence-electron chi connectivity index (χ1n) is 6.62. The van der Waals surface area contributed by atoms with Gasteiger partial charge in [-0.3, -0.25) is 10.1 Å². The Morgan fingerprint density at radius 2 is 1.95 bits per heavy atom. The van der Waals surface area contributed by atoms with E-state index in [9.17, 15) is 10.1 Å². The molecule has 3 rings (SSSR count). The van der Waals surface area contributed by atoms with Crippen molar-refractivity contribution in [3.8, 4) is 0 Å². The van der Waals surface area contributed by atoms with Crippen LogP contribution in [0.1, 0.15) is 5.56 Å². The van der Waals surface area contributed by atoms with Crippen LogP contribution in [0.3, 0.4) is 0 Å². The Morgan fingerprint density at radius 1 is 1.24 bits per heavy atom. The van der Waals surface area contributed by atoms with Gasteiger partial charge < -0.3 is 9.80 Å². The molecule has 0 saturated carbocycles. The molecule has 9 heteroatoms. The molecule has 9 nitrogen and oxygen atoms in total. The van der Waals surface area contributed by atoms with Crippen molar-refractivity contribution in [3.63, 3.8) is 0 Å². The lowest BCUT2D eigenvalue weighted by molar-refractivity contribution is -0.384. The van der Waals surface area contributed by atoms with E-state index in [-0.39, 0.29) is 10.6 Å². The molecule has 0 unspecified atom stereocenters. The van der Waals surface area contributed by atoms with Crippen LogP contribution in [0.5, 0.6) is 0 Å².